The summed E-state index contributed by atoms with van der Waals surface area (Å²) in [4.78, 5) is 0. The van der Waals surface area contributed by atoms with Crippen LogP contribution in [-0.2, 0) is 0 Å². The molecule has 0 aliphatic heterocycles. The Balaban J connectivity index is 2.07. The summed E-state index contributed by atoms with van der Waals surface area (Å²) in [5.74, 6) is 0. The molecule has 1 saturated carbocycles. The van der Waals surface area contributed by atoms with Gasteiger partial charge in [-0.25, -0.2) is 0 Å². The highest BCUT2D eigenvalue weighted by atomic mass is 16.2. The van der Waals surface area contributed by atoms with Gasteiger partial charge in [-0.1, -0.05) is 11.6 Å². The second-order valence-electron chi connectivity index (χ2n) is 1.87. The molecule has 1 nitrogen and oxygen atoms in total. The SMILES string of the molecule is OCCC=C1CC1. The summed E-state index contributed by atoms with van der Waals surface area (Å²) in [5.41, 5.74) is 1.52. The van der Waals surface area contributed by atoms with Crippen LogP contribution in [0.1, 0.15) is 19.3 Å². The van der Waals surface area contributed by atoms with Gasteiger partial charge in [-0.05, 0) is 19.3 Å². The highest BCUT2D eigenvalue weighted by Gasteiger charge is 2.08. The Kier molecular flexibility index (Phi) is 1.47. The van der Waals surface area contributed by atoms with Gasteiger partial charge >= 0.3 is 0 Å². The molecule has 1 N–H and O–H groups in total. The fraction of sp³-hybridized carbons (Fsp3) is 0.667. The van der Waals surface area contributed by atoms with Gasteiger partial charge in [0.2, 0.25) is 0 Å². The molecule has 0 heterocycles. The molecule has 1 fully saturated rings. The highest BCUT2D eigenvalue weighted by Crippen LogP contribution is 2.27. The van der Waals surface area contributed by atoms with Crippen molar-refractivity contribution < 1.29 is 5.11 Å². The molecule has 1 aliphatic carbocycles. The minimum Gasteiger partial charge on any atom is -0.396 e. The van der Waals surface area contributed by atoms with Crippen molar-refractivity contribution in [2.24, 2.45) is 0 Å². The summed E-state index contributed by atoms with van der Waals surface area (Å²) in [5, 5.41) is 8.30. The topological polar surface area (TPSA) is 20.2 Å². The van der Waals surface area contributed by atoms with E-state index in [1.54, 1.807) is 0 Å². The lowest BCUT2D eigenvalue weighted by Gasteiger charge is -1.77. The summed E-state index contributed by atoms with van der Waals surface area (Å²) >= 11 is 0. The smallest absolute Gasteiger partial charge is 0.0465 e. The van der Waals surface area contributed by atoms with E-state index in [4.69, 9.17) is 5.11 Å². The van der Waals surface area contributed by atoms with Crippen molar-refractivity contribution in [2.45, 2.75) is 19.3 Å². The van der Waals surface area contributed by atoms with Gasteiger partial charge in [-0.3, -0.25) is 0 Å². The highest BCUT2D eigenvalue weighted by molar-refractivity contribution is 5.15. The average Bonchev–Trinajstić information content (AvgIpc) is 2.42. The quantitative estimate of drug-likeness (QED) is 0.512. The number of rotatable bonds is 2. The lowest BCUT2D eigenvalue weighted by molar-refractivity contribution is 0.302. The van der Waals surface area contributed by atoms with Gasteiger partial charge in [0.1, 0.15) is 0 Å². The van der Waals surface area contributed by atoms with Gasteiger partial charge in [-0.2, -0.15) is 0 Å². The van der Waals surface area contributed by atoms with Gasteiger partial charge in [0.05, 0.1) is 0 Å². The van der Waals surface area contributed by atoms with Crippen molar-refractivity contribution >= 4 is 0 Å². The summed E-state index contributed by atoms with van der Waals surface area (Å²) in [6, 6.07) is 0. The Morgan fingerprint density at radius 3 is 2.71 bits per heavy atom. The first-order valence-corrected chi connectivity index (χ1v) is 2.72. The number of aliphatic hydroxyl groups excluding tert-OH is 1. The third kappa shape index (κ3) is 1.74. The molecule has 1 heteroatoms. The number of hydrogen-bond donors (Lipinski definition) is 1. The molecule has 0 spiro atoms. The molecule has 0 bridgehead atoms. The number of hydrogen-bond acceptors (Lipinski definition) is 1. The molecule has 0 amide bonds. The van der Waals surface area contributed by atoms with Gasteiger partial charge in [0.25, 0.3) is 0 Å². The molecule has 0 aromatic carbocycles. The first kappa shape index (κ1) is 4.85. The molecular formula is C6H10O. The van der Waals surface area contributed by atoms with E-state index in [-0.39, 0.29) is 0 Å². The lowest BCUT2D eigenvalue weighted by atomic mass is 10.4. The van der Waals surface area contributed by atoms with E-state index in [9.17, 15) is 0 Å². The van der Waals surface area contributed by atoms with Crippen LogP contribution in [0.25, 0.3) is 0 Å². The van der Waals surface area contributed by atoms with Crippen LogP contribution in [0, 0.1) is 0 Å². The molecule has 0 aromatic rings. The molecular weight excluding hydrogens is 88.1 g/mol. The predicted octanol–water partition coefficient (Wildman–Crippen LogP) is 1.09. The third-order valence-corrected chi connectivity index (χ3v) is 1.10. The second-order valence-corrected chi connectivity index (χ2v) is 1.87. The zero-order valence-corrected chi connectivity index (χ0v) is 4.35. The van der Waals surface area contributed by atoms with E-state index < -0.39 is 0 Å². The van der Waals surface area contributed by atoms with Gasteiger partial charge in [0.15, 0.2) is 0 Å². The van der Waals surface area contributed by atoms with Crippen LogP contribution in [0.15, 0.2) is 11.6 Å². The molecule has 7 heavy (non-hydrogen) atoms. The predicted molar refractivity (Wildman–Crippen MR) is 29.0 cm³/mol. The van der Waals surface area contributed by atoms with Crippen LogP contribution < -0.4 is 0 Å². The van der Waals surface area contributed by atoms with Crippen molar-refractivity contribution in [2.75, 3.05) is 6.61 Å². The first-order valence-electron chi connectivity index (χ1n) is 2.72. The van der Waals surface area contributed by atoms with E-state index in [1.807, 2.05) is 0 Å². The largest absolute Gasteiger partial charge is 0.396 e. The first-order chi connectivity index (χ1) is 3.43. The second kappa shape index (κ2) is 2.12. The summed E-state index contributed by atoms with van der Waals surface area (Å²) in [7, 11) is 0. The van der Waals surface area contributed by atoms with Crippen molar-refractivity contribution in [3.8, 4) is 0 Å². The Labute approximate surface area is 43.7 Å². The molecule has 0 saturated heterocycles. The maximum Gasteiger partial charge on any atom is 0.0465 e. The fourth-order valence-corrected chi connectivity index (χ4v) is 0.545. The Bertz CT molecular complexity index is 78.2. The Morgan fingerprint density at radius 1 is 1.57 bits per heavy atom. The molecule has 40 valence electrons. The van der Waals surface area contributed by atoms with Crippen LogP contribution in [-0.4, -0.2) is 11.7 Å². The summed E-state index contributed by atoms with van der Waals surface area (Å²) in [6.07, 6.45) is 5.54. The molecule has 0 radical (unpaired) electrons. The van der Waals surface area contributed by atoms with Gasteiger partial charge in [0, 0.05) is 6.61 Å². The normalized spacial score (nSPS) is 17.0. The molecule has 0 unspecified atom stereocenters. The number of aliphatic hydroxyl groups is 1. The van der Waals surface area contributed by atoms with E-state index in [0.717, 1.165) is 6.42 Å². The van der Waals surface area contributed by atoms with Crippen molar-refractivity contribution in [1.29, 1.82) is 0 Å². The van der Waals surface area contributed by atoms with Crippen LogP contribution in [0.4, 0.5) is 0 Å². The monoisotopic (exact) mass is 98.1 g/mol. The van der Waals surface area contributed by atoms with Crippen LogP contribution in [0.3, 0.4) is 0 Å². The van der Waals surface area contributed by atoms with Crippen LogP contribution in [0.2, 0.25) is 0 Å². The van der Waals surface area contributed by atoms with E-state index in [1.165, 1.54) is 18.4 Å². The average molecular weight is 98.1 g/mol. The van der Waals surface area contributed by atoms with Crippen molar-refractivity contribution in [3.63, 3.8) is 0 Å². The third-order valence-electron chi connectivity index (χ3n) is 1.10. The lowest BCUT2D eigenvalue weighted by Crippen LogP contribution is -1.73. The van der Waals surface area contributed by atoms with Crippen molar-refractivity contribution in [3.05, 3.63) is 11.6 Å². The molecule has 1 rings (SSSR count). The fourth-order valence-electron chi connectivity index (χ4n) is 0.545. The Hall–Kier alpha value is -0.300. The maximum atomic E-state index is 8.30. The molecule has 1 aliphatic rings. The van der Waals surface area contributed by atoms with E-state index >= 15 is 0 Å². The Morgan fingerprint density at radius 2 is 2.29 bits per heavy atom. The zero-order valence-electron chi connectivity index (χ0n) is 4.35. The number of allylic oxidation sites excluding steroid dienone is 1. The maximum absolute atomic E-state index is 8.30. The van der Waals surface area contributed by atoms with Gasteiger partial charge in [-0.15, -0.1) is 0 Å². The molecule has 0 aromatic heterocycles. The van der Waals surface area contributed by atoms with Crippen LogP contribution in [0.5, 0.6) is 0 Å². The van der Waals surface area contributed by atoms with E-state index in [0.29, 0.717) is 6.61 Å². The minimum absolute atomic E-state index is 0.309. The van der Waals surface area contributed by atoms with Gasteiger partial charge < -0.3 is 5.11 Å². The molecule has 0 atom stereocenters. The standard InChI is InChI=1S/C6H10O/c7-5-1-2-6-3-4-6/h2,7H,1,3-5H2. The summed E-state index contributed by atoms with van der Waals surface area (Å²) in [6.45, 7) is 0.309. The van der Waals surface area contributed by atoms with E-state index in [2.05, 4.69) is 6.08 Å². The van der Waals surface area contributed by atoms with Crippen LogP contribution >= 0.6 is 0 Å². The van der Waals surface area contributed by atoms with Crippen molar-refractivity contribution in [1.82, 2.24) is 0 Å². The zero-order chi connectivity index (χ0) is 5.11. The minimum atomic E-state index is 0.309. The summed E-state index contributed by atoms with van der Waals surface area (Å²) < 4.78 is 0.